The molecule has 5 nitrogen and oxygen atoms in total. The van der Waals surface area contributed by atoms with Gasteiger partial charge in [-0.05, 0) is 50.3 Å². The van der Waals surface area contributed by atoms with Crippen molar-refractivity contribution in [2.45, 2.75) is 65.1 Å². The lowest BCUT2D eigenvalue weighted by molar-refractivity contribution is 0.0910. The summed E-state index contributed by atoms with van der Waals surface area (Å²) in [6.07, 6.45) is 4.71. The average molecular weight is 331 g/mol. The summed E-state index contributed by atoms with van der Waals surface area (Å²) in [5.74, 6) is 0.538. The molecule has 0 spiro atoms. The largest absolute Gasteiger partial charge is 0.349 e. The fraction of sp³-hybridized carbons (Fsp3) is 0.579. The van der Waals surface area contributed by atoms with E-state index in [1.54, 1.807) is 0 Å². The Kier molecular flexibility index (Phi) is 6.64. The Morgan fingerprint density at radius 1 is 1.12 bits per heavy atom. The molecule has 1 fully saturated rings. The van der Waals surface area contributed by atoms with E-state index >= 15 is 0 Å². The van der Waals surface area contributed by atoms with E-state index in [0.717, 1.165) is 12.0 Å². The number of benzene rings is 1. The molecule has 0 bridgehead atoms. The molecule has 1 aliphatic carbocycles. The second-order valence-electron chi connectivity index (χ2n) is 7.02. The predicted molar refractivity (Wildman–Crippen MR) is 95.8 cm³/mol. The molecule has 2 rings (SSSR count). The third-order valence-electron chi connectivity index (χ3n) is 4.52. The van der Waals surface area contributed by atoms with Crippen LogP contribution in [0.1, 0.15) is 62.4 Å². The molecule has 0 saturated heterocycles. The molecular weight excluding hydrogens is 302 g/mol. The van der Waals surface area contributed by atoms with Crippen LogP contribution in [-0.4, -0.2) is 24.0 Å². The summed E-state index contributed by atoms with van der Waals surface area (Å²) in [5.41, 5.74) is 1.64. The molecule has 2 unspecified atom stereocenters. The van der Waals surface area contributed by atoms with E-state index < -0.39 is 0 Å². The van der Waals surface area contributed by atoms with E-state index in [0.29, 0.717) is 18.0 Å². The van der Waals surface area contributed by atoms with Crippen LogP contribution in [0.4, 0.5) is 4.79 Å². The Balaban J connectivity index is 1.84. The average Bonchev–Trinajstić information content (AvgIpc) is 2.55. The van der Waals surface area contributed by atoms with Gasteiger partial charge >= 0.3 is 6.03 Å². The van der Waals surface area contributed by atoms with Gasteiger partial charge in [0.05, 0.1) is 0 Å². The molecule has 1 aliphatic rings. The molecule has 1 aromatic rings. The molecule has 3 amide bonds. The van der Waals surface area contributed by atoms with Crippen LogP contribution in [0.25, 0.3) is 0 Å². The first-order valence-electron chi connectivity index (χ1n) is 8.90. The summed E-state index contributed by atoms with van der Waals surface area (Å²) in [4.78, 5) is 23.9. The minimum Gasteiger partial charge on any atom is -0.349 e. The second kappa shape index (κ2) is 8.71. The summed E-state index contributed by atoms with van der Waals surface area (Å²) in [5, 5.41) is 8.74. The van der Waals surface area contributed by atoms with Crippen LogP contribution in [0.2, 0.25) is 0 Å². The molecule has 5 heteroatoms. The maximum Gasteiger partial charge on any atom is 0.315 e. The second-order valence-corrected chi connectivity index (χ2v) is 7.02. The first-order valence-corrected chi connectivity index (χ1v) is 8.90. The van der Waals surface area contributed by atoms with E-state index in [1.807, 2.05) is 38.1 Å². The first kappa shape index (κ1) is 18.3. The van der Waals surface area contributed by atoms with Crippen LogP contribution >= 0.6 is 0 Å². The Hall–Kier alpha value is -2.04. The Morgan fingerprint density at radius 3 is 2.42 bits per heavy atom. The maximum absolute atomic E-state index is 12.4. The Labute approximate surface area is 144 Å². The molecule has 1 saturated carbocycles. The molecule has 24 heavy (non-hydrogen) atoms. The molecule has 0 aromatic heterocycles. The SMILES string of the molecule is CC(C)NC(=O)NCc1ccc(C(=O)NC2CCCCC2C)cc1. The lowest BCUT2D eigenvalue weighted by Crippen LogP contribution is -2.41. The molecular formula is C19H29N3O2. The number of urea groups is 1. The van der Waals surface area contributed by atoms with Gasteiger partial charge in [-0.15, -0.1) is 0 Å². The zero-order valence-electron chi connectivity index (χ0n) is 14.9. The maximum atomic E-state index is 12.4. The highest BCUT2D eigenvalue weighted by atomic mass is 16.2. The van der Waals surface area contributed by atoms with Gasteiger partial charge in [-0.25, -0.2) is 4.79 Å². The zero-order chi connectivity index (χ0) is 17.5. The highest BCUT2D eigenvalue weighted by molar-refractivity contribution is 5.94. The number of carbonyl (C=O) groups is 2. The van der Waals surface area contributed by atoms with Crippen molar-refractivity contribution < 1.29 is 9.59 Å². The topological polar surface area (TPSA) is 70.2 Å². The van der Waals surface area contributed by atoms with Gasteiger partial charge < -0.3 is 16.0 Å². The van der Waals surface area contributed by atoms with Crippen LogP contribution in [0.3, 0.4) is 0 Å². The number of nitrogens with one attached hydrogen (secondary N) is 3. The molecule has 132 valence electrons. The van der Waals surface area contributed by atoms with E-state index in [-0.39, 0.29) is 24.0 Å². The van der Waals surface area contributed by atoms with Crippen molar-refractivity contribution in [2.24, 2.45) is 5.92 Å². The van der Waals surface area contributed by atoms with Gasteiger partial charge in [0.2, 0.25) is 0 Å². The van der Waals surface area contributed by atoms with Crippen LogP contribution in [0.5, 0.6) is 0 Å². The third kappa shape index (κ3) is 5.55. The quantitative estimate of drug-likeness (QED) is 0.775. The summed E-state index contributed by atoms with van der Waals surface area (Å²) < 4.78 is 0. The summed E-state index contributed by atoms with van der Waals surface area (Å²) >= 11 is 0. The summed E-state index contributed by atoms with van der Waals surface area (Å²) in [6.45, 7) is 6.49. The molecule has 0 heterocycles. The smallest absolute Gasteiger partial charge is 0.315 e. The van der Waals surface area contributed by atoms with E-state index in [1.165, 1.54) is 19.3 Å². The van der Waals surface area contributed by atoms with Gasteiger partial charge in [-0.2, -0.15) is 0 Å². The fourth-order valence-corrected chi connectivity index (χ4v) is 3.05. The highest BCUT2D eigenvalue weighted by Gasteiger charge is 2.23. The van der Waals surface area contributed by atoms with Crippen LogP contribution in [0, 0.1) is 5.92 Å². The van der Waals surface area contributed by atoms with Gasteiger partial charge in [-0.1, -0.05) is 31.9 Å². The number of carbonyl (C=O) groups excluding carboxylic acids is 2. The van der Waals surface area contributed by atoms with E-state index in [2.05, 4.69) is 22.9 Å². The van der Waals surface area contributed by atoms with Gasteiger partial charge in [-0.3, -0.25) is 4.79 Å². The van der Waals surface area contributed by atoms with E-state index in [4.69, 9.17) is 0 Å². The van der Waals surface area contributed by atoms with Crippen molar-refractivity contribution in [2.75, 3.05) is 0 Å². The number of hydrogen-bond donors (Lipinski definition) is 3. The Morgan fingerprint density at radius 2 is 1.79 bits per heavy atom. The molecule has 0 radical (unpaired) electrons. The van der Waals surface area contributed by atoms with Crippen LogP contribution in [-0.2, 0) is 6.54 Å². The minimum atomic E-state index is -0.182. The van der Waals surface area contributed by atoms with Crippen molar-refractivity contribution >= 4 is 11.9 Å². The summed E-state index contributed by atoms with van der Waals surface area (Å²) in [7, 11) is 0. The highest BCUT2D eigenvalue weighted by Crippen LogP contribution is 2.24. The third-order valence-corrected chi connectivity index (χ3v) is 4.52. The minimum absolute atomic E-state index is 0.00851. The monoisotopic (exact) mass is 331 g/mol. The Bertz CT molecular complexity index is 554. The molecule has 1 aromatic carbocycles. The normalized spacial score (nSPS) is 20.5. The van der Waals surface area contributed by atoms with Crippen LogP contribution in [0.15, 0.2) is 24.3 Å². The van der Waals surface area contributed by atoms with Crippen molar-refractivity contribution in [3.05, 3.63) is 35.4 Å². The first-order chi connectivity index (χ1) is 11.5. The van der Waals surface area contributed by atoms with Crippen molar-refractivity contribution in [3.8, 4) is 0 Å². The van der Waals surface area contributed by atoms with Gasteiger partial charge in [0.1, 0.15) is 0 Å². The van der Waals surface area contributed by atoms with Crippen molar-refractivity contribution in [1.29, 1.82) is 0 Å². The zero-order valence-corrected chi connectivity index (χ0v) is 14.9. The van der Waals surface area contributed by atoms with Crippen LogP contribution < -0.4 is 16.0 Å². The van der Waals surface area contributed by atoms with Gasteiger partial charge in [0.15, 0.2) is 0 Å². The predicted octanol–water partition coefficient (Wildman–Crippen LogP) is 3.20. The lowest BCUT2D eigenvalue weighted by Gasteiger charge is -2.29. The number of hydrogen-bond acceptors (Lipinski definition) is 2. The number of rotatable bonds is 5. The van der Waals surface area contributed by atoms with Crippen molar-refractivity contribution in [3.63, 3.8) is 0 Å². The van der Waals surface area contributed by atoms with Gasteiger partial charge in [0.25, 0.3) is 5.91 Å². The number of amides is 3. The van der Waals surface area contributed by atoms with Crippen molar-refractivity contribution in [1.82, 2.24) is 16.0 Å². The standard InChI is InChI=1S/C19H29N3O2/c1-13(2)21-19(24)20-12-15-8-10-16(11-9-15)18(23)22-17-7-5-4-6-14(17)3/h8-11,13-14,17H,4-7,12H2,1-3H3,(H,22,23)(H2,20,21,24). The molecule has 0 aliphatic heterocycles. The van der Waals surface area contributed by atoms with Gasteiger partial charge in [0, 0.05) is 24.2 Å². The molecule has 3 N–H and O–H groups in total. The molecule has 2 atom stereocenters. The van der Waals surface area contributed by atoms with E-state index in [9.17, 15) is 9.59 Å². The fourth-order valence-electron chi connectivity index (χ4n) is 3.05. The lowest BCUT2D eigenvalue weighted by atomic mass is 9.86. The summed E-state index contributed by atoms with van der Waals surface area (Å²) in [6, 6.07) is 7.62.